The third-order valence-corrected chi connectivity index (χ3v) is 20.1. The van der Waals surface area contributed by atoms with Crippen LogP contribution in [0.2, 0.25) is 0 Å². The molecule has 13 N–H and O–H groups in total. The third kappa shape index (κ3) is 10.1. The number of rotatable bonds is 15. The molecular formula is C51H86O23. The zero-order valence-electron chi connectivity index (χ0n) is 43.3. The maximum Gasteiger partial charge on any atom is 0.187 e. The monoisotopic (exact) mass is 1070 g/mol. The van der Waals surface area contributed by atoms with Gasteiger partial charge in [-0.3, -0.25) is 0 Å². The lowest BCUT2D eigenvalue weighted by Crippen LogP contribution is -2.67. The van der Waals surface area contributed by atoms with E-state index in [1.807, 2.05) is 6.92 Å². The summed E-state index contributed by atoms with van der Waals surface area (Å²) in [5, 5.41) is 137. The van der Waals surface area contributed by atoms with Gasteiger partial charge in [0.1, 0.15) is 91.6 Å². The Balaban J connectivity index is 0.800. The molecule has 428 valence electrons. The van der Waals surface area contributed by atoms with Crippen molar-refractivity contribution >= 4 is 0 Å². The van der Waals surface area contributed by atoms with Crippen LogP contribution in [-0.2, 0) is 47.4 Å². The number of hydrogen-bond acceptors (Lipinski definition) is 23. The van der Waals surface area contributed by atoms with Crippen LogP contribution in [0.5, 0.6) is 0 Å². The van der Waals surface area contributed by atoms with Gasteiger partial charge in [0.25, 0.3) is 0 Å². The molecule has 9 fully saturated rings. The molecule has 0 radical (unpaired) electrons. The SMILES string of the molecule is CO[C@]1(CC[C@@H](C)O[C@@H]2O[C@H](CO)[C@@H](O)[C@H](O)[C@H]2O)O[C@H]2C[C@H]3[C@@H]4CC[C@@H]5C[C@@H](O[C@@H]6O[C@H](CO)[C@@H](O[C@@H]7O[C@H](CO)[C@@H](O)[C@H](O)[C@H]7O[C@@H]7O[C@@H](C)[C@H](O)[C@@H](O)[C@H]7O)[C@H](O)[C@H]6O)CC[C@]5(C)[C@H]4CC[C@]3(C)[C@H]2[C@@H]1C. The first-order chi connectivity index (χ1) is 35.1. The first-order valence-corrected chi connectivity index (χ1v) is 27.2. The summed E-state index contributed by atoms with van der Waals surface area (Å²) in [6.07, 6.45) is -22.6. The molecule has 5 aliphatic heterocycles. The Morgan fingerprint density at radius 3 is 1.80 bits per heavy atom. The second-order valence-corrected chi connectivity index (χ2v) is 23.9. The summed E-state index contributed by atoms with van der Waals surface area (Å²) >= 11 is 0. The van der Waals surface area contributed by atoms with Crippen LogP contribution >= 0.6 is 0 Å². The third-order valence-electron chi connectivity index (χ3n) is 20.1. The molecule has 9 aliphatic rings. The van der Waals surface area contributed by atoms with E-state index in [0.717, 1.165) is 38.5 Å². The Morgan fingerprint density at radius 1 is 0.554 bits per heavy atom. The van der Waals surface area contributed by atoms with Crippen LogP contribution in [-0.4, -0.2) is 240 Å². The molecule has 0 aromatic rings. The predicted molar refractivity (Wildman–Crippen MR) is 250 cm³/mol. The van der Waals surface area contributed by atoms with E-state index in [1.165, 1.54) is 6.92 Å². The van der Waals surface area contributed by atoms with E-state index >= 15 is 0 Å². The Kier molecular flexibility index (Phi) is 17.6. The van der Waals surface area contributed by atoms with Gasteiger partial charge in [0.2, 0.25) is 0 Å². The maximum atomic E-state index is 11.6. The van der Waals surface area contributed by atoms with Gasteiger partial charge in [-0.05, 0) is 112 Å². The molecule has 23 heteroatoms. The van der Waals surface area contributed by atoms with Gasteiger partial charge in [0.05, 0.1) is 44.2 Å². The Labute approximate surface area is 431 Å². The lowest BCUT2D eigenvalue weighted by molar-refractivity contribution is -0.389. The fourth-order valence-corrected chi connectivity index (χ4v) is 15.8. The van der Waals surface area contributed by atoms with Gasteiger partial charge in [-0.2, -0.15) is 0 Å². The summed E-state index contributed by atoms with van der Waals surface area (Å²) in [6, 6.07) is 0. The van der Waals surface area contributed by atoms with Gasteiger partial charge in [-0.15, -0.1) is 0 Å². The molecule has 0 bridgehead atoms. The standard InChI is InChI=1S/C51H86O23/c1-20(66-45-41(63)37(59)34(56)29(17-52)69-45)9-14-51(65-6)21(2)32-28(74-51)16-27-25-8-7-23-15-24(10-12-49(23,4)26(25)11-13-50(27,32)5)68-47-42(64)39(61)43(31(19-54)71-47)72-48-44(38(60)35(57)30(18-53)70-48)73-46-40(62)36(58)33(55)22(3)67-46/h20-48,52-64H,7-19H2,1-6H3/t20-,21+,22+,23-,24+,25-,26+,27+,28+,29-,30-,31-,32+,33+,34-,35-,36-,37+,38+,39-,40-,41-,42-,43-,44-,45-,46+,47-,48+,49+,50+,51-/m1/s1. The topological polar surface area (TPSA) is 355 Å². The van der Waals surface area contributed by atoms with E-state index in [-0.39, 0.29) is 34.9 Å². The van der Waals surface area contributed by atoms with Gasteiger partial charge in [0, 0.05) is 19.4 Å². The molecule has 4 aliphatic carbocycles. The quantitative estimate of drug-likeness (QED) is 0.0753. The normalized spacial score (nSPS) is 56.0. The predicted octanol–water partition coefficient (Wildman–Crippen LogP) is -2.52. The Hall–Kier alpha value is -0.920. The summed E-state index contributed by atoms with van der Waals surface area (Å²) < 4.78 is 60.7. The van der Waals surface area contributed by atoms with Crippen molar-refractivity contribution in [3.63, 3.8) is 0 Å². The van der Waals surface area contributed by atoms with Crippen LogP contribution in [0.3, 0.4) is 0 Å². The van der Waals surface area contributed by atoms with Crippen molar-refractivity contribution < 1.29 is 114 Å². The van der Waals surface area contributed by atoms with E-state index in [9.17, 15) is 66.4 Å². The van der Waals surface area contributed by atoms with Gasteiger partial charge in [-0.1, -0.05) is 20.8 Å². The molecule has 0 spiro atoms. The van der Waals surface area contributed by atoms with Gasteiger partial charge in [-0.25, -0.2) is 0 Å². The summed E-state index contributed by atoms with van der Waals surface area (Å²) in [4.78, 5) is 0. The summed E-state index contributed by atoms with van der Waals surface area (Å²) in [7, 11) is 1.69. The minimum Gasteiger partial charge on any atom is -0.394 e. The molecule has 0 aromatic heterocycles. The largest absolute Gasteiger partial charge is 0.394 e. The smallest absolute Gasteiger partial charge is 0.187 e. The molecule has 9 rings (SSSR count). The van der Waals surface area contributed by atoms with Crippen LogP contribution in [0.4, 0.5) is 0 Å². The van der Waals surface area contributed by atoms with Gasteiger partial charge >= 0.3 is 0 Å². The maximum absolute atomic E-state index is 11.6. The average Bonchev–Trinajstić information content (AvgIpc) is 3.85. The number of aliphatic hydroxyl groups excluding tert-OH is 13. The van der Waals surface area contributed by atoms with E-state index in [1.54, 1.807) is 7.11 Å². The van der Waals surface area contributed by atoms with Crippen LogP contribution in [0, 0.1) is 46.3 Å². The van der Waals surface area contributed by atoms with Crippen molar-refractivity contribution in [2.75, 3.05) is 26.9 Å². The first-order valence-electron chi connectivity index (χ1n) is 27.2. The van der Waals surface area contributed by atoms with Gasteiger partial charge in [0.15, 0.2) is 30.9 Å². The van der Waals surface area contributed by atoms with Crippen molar-refractivity contribution in [3.05, 3.63) is 0 Å². The van der Waals surface area contributed by atoms with Crippen LogP contribution in [0.25, 0.3) is 0 Å². The van der Waals surface area contributed by atoms with E-state index in [0.29, 0.717) is 49.4 Å². The van der Waals surface area contributed by atoms with Crippen molar-refractivity contribution in [2.45, 2.75) is 246 Å². The molecule has 32 atom stereocenters. The second kappa shape index (κ2) is 22.6. The molecule has 74 heavy (non-hydrogen) atoms. The lowest BCUT2D eigenvalue weighted by atomic mass is 9.44. The number of ether oxygens (including phenoxy) is 10. The van der Waals surface area contributed by atoms with Crippen molar-refractivity contribution in [2.24, 2.45) is 46.3 Å². The van der Waals surface area contributed by atoms with Crippen molar-refractivity contribution in [1.82, 2.24) is 0 Å². The number of hydrogen-bond donors (Lipinski definition) is 13. The van der Waals surface area contributed by atoms with Crippen molar-refractivity contribution in [3.8, 4) is 0 Å². The van der Waals surface area contributed by atoms with E-state index in [2.05, 4.69) is 20.8 Å². The highest BCUT2D eigenvalue weighted by Gasteiger charge is 2.69. The summed E-state index contributed by atoms with van der Waals surface area (Å²) in [6.45, 7) is 8.38. The first kappa shape index (κ1) is 57.8. The number of methoxy groups -OCH3 is 1. The minimum atomic E-state index is -1.83. The Morgan fingerprint density at radius 2 is 1.12 bits per heavy atom. The highest BCUT2D eigenvalue weighted by atomic mass is 16.8. The van der Waals surface area contributed by atoms with Crippen LogP contribution in [0.15, 0.2) is 0 Å². The summed E-state index contributed by atoms with van der Waals surface area (Å²) in [5.74, 6) is 1.30. The summed E-state index contributed by atoms with van der Waals surface area (Å²) in [5.41, 5.74) is 0.0723. The number of aliphatic hydroxyl groups is 13. The second-order valence-electron chi connectivity index (χ2n) is 23.9. The molecule has 23 nitrogen and oxygen atoms in total. The van der Waals surface area contributed by atoms with E-state index < -0.39 is 155 Å². The highest BCUT2D eigenvalue weighted by Crippen LogP contribution is 2.71. The molecule has 5 saturated heterocycles. The van der Waals surface area contributed by atoms with Crippen molar-refractivity contribution in [1.29, 1.82) is 0 Å². The molecule has 0 unspecified atom stereocenters. The Bertz CT molecular complexity index is 1850. The zero-order valence-corrected chi connectivity index (χ0v) is 43.3. The number of fused-ring (bicyclic) bond motifs is 7. The molecule has 0 aromatic carbocycles. The average molecular weight is 1070 g/mol. The zero-order chi connectivity index (χ0) is 53.5. The van der Waals surface area contributed by atoms with E-state index in [4.69, 9.17) is 47.4 Å². The minimum absolute atomic E-state index is 0.0156. The molecule has 0 amide bonds. The lowest BCUT2D eigenvalue weighted by Gasteiger charge is -2.61. The molecule has 4 saturated carbocycles. The van der Waals surface area contributed by atoms with Gasteiger partial charge < -0.3 is 114 Å². The molecule has 5 heterocycles. The highest BCUT2D eigenvalue weighted by molar-refractivity contribution is 5.15. The fourth-order valence-electron chi connectivity index (χ4n) is 15.8. The fraction of sp³-hybridized carbons (Fsp3) is 1.00. The van der Waals surface area contributed by atoms with Crippen LogP contribution < -0.4 is 0 Å². The van der Waals surface area contributed by atoms with Crippen LogP contribution in [0.1, 0.15) is 98.8 Å². The molecular weight excluding hydrogens is 981 g/mol.